The van der Waals surface area contributed by atoms with E-state index in [-0.39, 0.29) is 5.75 Å². The van der Waals surface area contributed by atoms with E-state index in [4.69, 9.17) is 4.18 Å². The summed E-state index contributed by atoms with van der Waals surface area (Å²) in [6.45, 7) is 0. The number of hydrogen-bond acceptors (Lipinski definition) is 3. The van der Waals surface area contributed by atoms with E-state index in [1.165, 1.54) is 0 Å². The lowest BCUT2D eigenvalue weighted by atomic mass is 10.2. The lowest BCUT2D eigenvalue weighted by molar-refractivity contribution is 0.490. The second-order valence-corrected chi connectivity index (χ2v) is 5.42. The van der Waals surface area contributed by atoms with Gasteiger partial charge in [0.25, 0.3) is 0 Å². The third-order valence-corrected chi connectivity index (χ3v) is 3.32. The van der Waals surface area contributed by atoms with E-state index in [2.05, 4.69) is 15.9 Å². The average Bonchev–Trinajstić information content (AvgIpc) is 2.21. The van der Waals surface area contributed by atoms with Crippen molar-refractivity contribution in [3.05, 3.63) is 34.3 Å². The number of fused-ring (bicyclic) bond motifs is 1. The van der Waals surface area contributed by atoms with Crippen molar-refractivity contribution in [3.8, 4) is 5.75 Å². The van der Waals surface area contributed by atoms with Gasteiger partial charge in [0.2, 0.25) is 0 Å². The SMILES string of the molecule is O=S1(=O)CC=Cc2ccc(Br)cc2O1. The zero-order chi connectivity index (χ0) is 10.2. The summed E-state index contributed by atoms with van der Waals surface area (Å²) in [5, 5.41) is 0. The molecule has 0 fully saturated rings. The van der Waals surface area contributed by atoms with Gasteiger partial charge in [-0.1, -0.05) is 34.1 Å². The molecule has 0 amide bonds. The van der Waals surface area contributed by atoms with Gasteiger partial charge in [0, 0.05) is 10.0 Å². The Balaban J connectivity index is 2.57. The average molecular weight is 275 g/mol. The molecule has 3 nitrogen and oxygen atoms in total. The molecule has 0 bridgehead atoms. The summed E-state index contributed by atoms with van der Waals surface area (Å²) in [7, 11) is -3.46. The number of benzene rings is 1. The van der Waals surface area contributed by atoms with Crippen LogP contribution < -0.4 is 4.18 Å². The molecular formula is C9H7BrO3S. The van der Waals surface area contributed by atoms with Gasteiger partial charge in [-0.2, -0.15) is 8.42 Å². The van der Waals surface area contributed by atoms with E-state index in [1.54, 1.807) is 24.3 Å². The normalized spacial score (nSPS) is 18.1. The lowest BCUT2D eigenvalue weighted by Gasteiger charge is -2.05. The molecule has 0 aliphatic carbocycles. The Morgan fingerprint density at radius 2 is 2.14 bits per heavy atom. The molecule has 0 radical (unpaired) electrons. The third kappa shape index (κ3) is 1.99. The first-order valence-corrected chi connectivity index (χ1v) is 6.32. The van der Waals surface area contributed by atoms with Crippen molar-refractivity contribution in [3.63, 3.8) is 0 Å². The van der Waals surface area contributed by atoms with Crippen LogP contribution in [0.3, 0.4) is 0 Å². The zero-order valence-electron chi connectivity index (χ0n) is 7.10. The minimum atomic E-state index is -3.46. The molecule has 1 aliphatic rings. The van der Waals surface area contributed by atoms with Crippen molar-refractivity contribution in [1.29, 1.82) is 0 Å². The summed E-state index contributed by atoms with van der Waals surface area (Å²) in [6.07, 6.45) is 3.32. The molecule has 5 heteroatoms. The molecule has 1 heterocycles. The summed E-state index contributed by atoms with van der Waals surface area (Å²) in [6, 6.07) is 5.28. The molecule has 0 saturated heterocycles. The molecule has 2 rings (SSSR count). The second-order valence-electron chi connectivity index (χ2n) is 2.89. The highest BCUT2D eigenvalue weighted by molar-refractivity contribution is 9.10. The van der Waals surface area contributed by atoms with Gasteiger partial charge in [0.15, 0.2) is 5.75 Å². The Labute approximate surface area is 90.6 Å². The Hall–Kier alpha value is -0.810. The third-order valence-electron chi connectivity index (χ3n) is 1.79. The molecule has 0 unspecified atom stereocenters. The minimum Gasteiger partial charge on any atom is -0.382 e. The Kier molecular flexibility index (Phi) is 2.36. The number of halogens is 1. The molecule has 0 atom stereocenters. The lowest BCUT2D eigenvalue weighted by Crippen LogP contribution is -2.11. The maximum Gasteiger partial charge on any atom is 0.312 e. The summed E-state index contributed by atoms with van der Waals surface area (Å²) >= 11 is 3.25. The van der Waals surface area contributed by atoms with Crippen molar-refractivity contribution in [2.45, 2.75) is 0 Å². The van der Waals surface area contributed by atoms with Crippen LogP contribution in [0.5, 0.6) is 5.75 Å². The van der Waals surface area contributed by atoms with Crippen LogP contribution in [0.1, 0.15) is 5.56 Å². The molecule has 1 aromatic carbocycles. The fourth-order valence-corrected chi connectivity index (χ4v) is 2.34. The molecule has 0 N–H and O–H groups in total. The van der Waals surface area contributed by atoms with Gasteiger partial charge in [-0.3, -0.25) is 0 Å². The highest BCUT2D eigenvalue weighted by Gasteiger charge is 2.16. The number of hydrogen-bond donors (Lipinski definition) is 0. The number of rotatable bonds is 0. The topological polar surface area (TPSA) is 43.4 Å². The van der Waals surface area contributed by atoms with Crippen LogP contribution in [0.25, 0.3) is 6.08 Å². The van der Waals surface area contributed by atoms with E-state index < -0.39 is 10.1 Å². The van der Waals surface area contributed by atoms with Crippen molar-refractivity contribution >= 4 is 32.1 Å². The zero-order valence-corrected chi connectivity index (χ0v) is 9.51. The van der Waals surface area contributed by atoms with Crippen molar-refractivity contribution in [2.24, 2.45) is 0 Å². The molecule has 0 spiro atoms. The first-order chi connectivity index (χ1) is 6.57. The summed E-state index contributed by atoms with van der Waals surface area (Å²) in [4.78, 5) is 0. The molecule has 1 aliphatic heterocycles. The van der Waals surface area contributed by atoms with Crippen LogP contribution in [0.2, 0.25) is 0 Å². The summed E-state index contributed by atoms with van der Waals surface area (Å²) in [5.41, 5.74) is 0.772. The fourth-order valence-electron chi connectivity index (χ4n) is 1.18. The van der Waals surface area contributed by atoms with Crippen LogP contribution in [0.15, 0.2) is 28.7 Å². The standard InChI is InChI=1S/C9H7BrO3S/c10-8-4-3-7-2-1-5-14(11,12)13-9(7)6-8/h1-4,6H,5H2. The van der Waals surface area contributed by atoms with Gasteiger partial charge < -0.3 is 4.18 Å². The van der Waals surface area contributed by atoms with E-state index in [1.807, 2.05) is 6.07 Å². The minimum absolute atomic E-state index is 0.0840. The van der Waals surface area contributed by atoms with Gasteiger partial charge in [0.1, 0.15) is 5.75 Å². The predicted octanol–water partition coefficient (Wildman–Crippen LogP) is 2.18. The monoisotopic (exact) mass is 274 g/mol. The van der Waals surface area contributed by atoms with Crippen molar-refractivity contribution in [2.75, 3.05) is 5.75 Å². The summed E-state index contributed by atoms with van der Waals surface area (Å²) < 4.78 is 28.2. The van der Waals surface area contributed by atoms with Gasteiger partial charge in [0.05, 0.1) is 0 Å². The van der Waals surface area contributed by atoms with Gasteiger partial charge in [-0.05, 0) is 12.1 Å². The first kappa shape index (κ1) is 9.73. The highest BCUT2D eigenvalue weighted by atomic mass is 79.9. The highest BCUT2D eigenvalue weighted by Crippen LogP contribution is 2.27. The molecular weight excluding hydrogens is 268 g/mol. The van der Waals surface area contributed by atoms with E-state index in [9.17, 15) is 8.42 Å². The van der Waals surface area contributed by atoms with E-state index in [0.29, 0.717) is 5.75 Å². The molecule has 0 saturated carbocycles. The Morgan fingerprint density at radius 1 is 1.36 bits per heavy atom. The molecule has 74 valence electrons. The first-order valence-electron chi connectivity index (χ1n) is 3.95. The smallest absolute Gasteiger partial charge is 0.312 e. The Morgan fingerprint density at radius 3 is 2.93 bits per heavy atom. The quantitative estimate of drug-likeness (QED) is 0.682. The van der Waals surface area contributed by atoms with Crippen LogP contribution in [0.4, 0.5) is 0 Å². The molecule has 1 aromatic rings. The van der Waals surface area contributed by atoms with Crippen molar-refractivity contribution in [1.82, 2.24) is 0 Å². The van der Waals surface area contributed by atoms with Crippen LogP contribution in [-0.2, 0) is 10.1 Å². The van der Waals surface area contributed by atoms with Crippen LogP contribution in [0, 0.1) is 0 Å². The maximum absolute atomic E-state index is 11.3. The summed E-state index contributed by atoms with van der Waals surface area (Å²) in [5.74, 6) is 0.285. The maximum atomic E-state index is 11.3. The van der Waals surface area contributed by atoms with Crippen molar-refractivity contribution < 1.29 is 12.6 Å². The van der Waals surface area contributed by atoms with Crippen LogP contribution >= 0.6 is 15.9 Å². The Bertz CT molecular complexity index is 491. The largest absolute Gasteiger partial charge is 0.382 e. The van der Waals surface area contributed by atoms with Crippen LogP contribution in [-0.4, -0.2) is 14.2 Å². The molecule has 0 aromatic heterocycles. The van der Waals surface area contributed by atoms with Gasteiger partial charge >= 0.3 is 10.1 Å². The van der Waals surface area contributed by atoms with Gasteiger partial charge in [-0.15, -0.1) is 0 Å². The van der Waals surface area contributed by atoms with E-state index >= 15 is 0 Å². The fraction of sp³-hybridized carbons (Fsp3) is 0.111. The van der Waals surface area contributed by atoms with E-state index in [0.717, 1.165) is 10.0 Å². The van der Waals surface area contributed by atoms with Gasteiger partial charge in [-0.25, -0.2) is 0 Å². The second kappa shape index (κ2) is 3.40. The predicted molar refractivity (Wildman–Crippen MR) is 57.6 cm³/mol. The molecule has 14 heavy (non-hydrogen) atoms.